The summed E-state index contributed by atoms with van der Waals surface area (Å²) >= 11 is 0. The molecule has 0 spiro atoms. The summed E-state index contributed by atoms with van der Waals surface area (Å²) in [6.45, 7) is 0. The molecular weight excluding hydrogens is 691 g/mol. The van der Waals surface area contributed by atoms with Crippen LogP contribution in [0.25, 0.3) is 98.4 Å². The summed E-state index contributed by atoms with van der Waals surface area (Å²) in [7, 11) is 0. The van der Waals surface area contributed by atoms with Gasteiger partial charge < -0.3 is 13.7 Å². The van der Waals surface area contributed by atoms with Crippen LogP contribution >= 0.6 is 0 Å². The van der Waals surface area contributed by atoms with E-state index in [2.05, 4.69) is 214 Å². The van der Waals surface area contributed by atoms with Crippen molar-refractivity contribution in [1.82, 2.24) is 8.80 Å². The van der Waals surface area contributed by atoms with Crippen molar-refractivity contribution in [3.63, 3.8) is 0 Å². The molecule has 0 amide bonds. The highest BCUT2D eigenvalue weighted by Crippen LogP contribution is 2.50. The van der Waals surface area contributed by atoms with Gasteiger partial charge in [0.05, 0.1) is 33.1 Å². The Morgan fingerprint density at radius 2 is 0.702 bits per heavy atom. The summed E-state index contributed by atoms with van der Waals surface area (Å²) in [4.78, 5) is 2.40. The maximum absolute atomic E-state index is 2.53. The topological polar surface area (TPSA) is 12.1 Å². The predicted molar refractivity (Wildman–Crippen MR) is 241 cm³/mol. The highest BCUT2D eigenvalue weighted by atomic mass is 15.1. The number of hydrogen-bond acceptors (Lipinski definition) is 1. The second kappa shape index (κ2) is 11.5. The first-order chi connectivity index (χ1) is 28.3. The first-order valence-corrected chi connectivity index (χ1v) is 19.7. The largest absolute Gasteiger partial charge is 0.310 e. The van der Waals surface area contributed by atoms with Crippen molar-refractivity contribution in [1.29, 1.82) is 0 Å². The molecule has 4 heterocycles. The van der Waals surface area contributed by atoms with E-state index in [0.29, 0.717) is 0 Å². The third kappa shape index (κ3) is 4.20. The fourth-order valence-corrected chi connectivity index (χ4v) is 9.95. The number of para-hydroxylation sites is 3. The van der Waals surface area contributed by atoms with Crippen molar-refractivity contribution in [2.24, 2.45) is 0 Å². The molecule has 13 aromatic rings. The van der Waals surface area contributed by atoms with E-state index in [9.17, 15) is 0 Å². The molecule has 3 heteroatoms. The number of anilines is 3. The van der Waals surface area contributed by atoms with E-state index in [-0.39, 0.29) is 0 Å². The first kappa shape index (κ1) is 30.7. The van der Waals surface area contributed by atoms with Crippen LogP contribution < -0.4 is 4.90 Å². The van der Waals surface area contributed by atoms with Gasteiger partial charge in [-0.25, -0.2) is 0 Å². The zero-order valence-corrected chi connectivity index (χ0v) is 30.9. The SMILES string of the molecule is c1ccc(-c2ccc3c(c2)c2cc(-c4ccccc4)cc4c5c6c7cc(N(c8ccccc8)c8ccccc8)cc8c9ccccc9n(c6ccc5n3c24)c87)cc1. The van der Waals surface area contributed by atoms with E-state index in [1.165, 1.54) is 98.4 Å². The molecule has 0 atom stereocenters. The molecule has 0 aliphatic carbocycles. The average Bonchev–Trinajstić information content (AvgIpc) is 4.00. The summed E-state index contributed by atoms with van der Waals surface area (Å²) in [6.07, 6.45) is 0. The number of nitrogens with zero attached hydrogens (tertiary/aromatic N) is 3. The monoisotopic (exact) mass is 723 g/mol. The molecule has 0 bridgehead atoms. The van der Waals surface area contributed by atoms with Gasteiger partial charge in [0.1, 0.15) is 0 Å². The molecule has 3 nitrogen and oxygen atoms in total. The fourth-order valence-electron chi connectivity index (χ4n) is 9.95. The molecule has 0 aliphatic rings. The van der Waals surface area contributed by atoms with Gasteiger partial charge in [-0.05, 0) is 101 Å². The minimum absolute atomic E-state index is 1.13. The average molecular weight is 724 g/mol. The summed E-state index contributed by atoms with van der Waals surface area (Å²) in [5.41, 5.74) is 15.8. The quantitative estimate of drug-likeness (QED) is 0.172. The molecule has 13 rings (SSSR count). The van der Waals surface area contributed by atoms with Crippen LogP contribution in [0.15, 0.2) is 200 Å². The summed E-state index contributed by atoms with van der Waals surface area (Å²) in [6, 6.07) is 73.5. The van der Waals surface area contributed by atoms with E-state index in [0.717, 1.165) is 17.1 Å². The maximum Gasteiger partial charge on any atom is 0.0622 e. The highest BCUT2D eigenvalue weighted by Gasteiger charge is 2.26. The molecule has 4 aromatic heterocycles. The second-order valence-electron chi connectivity index (χ2n) is 15.3. The molecule has 0 fully saturated rings. The Bertz CT molecular complexity index is 3620. The van der Waals surface area contributed by atoms with Crippen molar-refractivity contribution < 1.29 is 0 Å². The lowest BCUT2D eigenvalue weighted by atomic mass is 9.96. The third-order valence-electron chi connectivity index (χ3n) is 12.3. The van der Waals surface area contributed by atoms with Crippen molar-refractivity contribution >= 4 is 93.3 Å². The van der Waals surface area contributed by atoms with E-state index in [1.54, 1.807) is 0 Å². The Hall–Kier alpha value is -7.62. The van der Waals surface area contributed by atoms with Gasteiger partial charge in [-0.15, -0.1) is 0 Å². The van der Waals surface area contributed by atoms with Gasteiger partial charge >= 0.3 is 0 Å². The van der Waals surface area contributed by atoms with Gasteiger partial charge in [0.2, 0.25) is 0 Å². The van der Waals surface area contributed by atoms with Crippen LogP contribution in [0.4, 0.5) is 17.1 Å². The first-order valence-electron chi connectivity index (χ1n) is 19.7. The van der Waals surface area contributed by atoms with Gasteiger partial charge in [0.25, 0.3) is 0 Å². The number of aromatic nitrogens is 2. The van der Waals surface area contributed by atoms with Crippen LogP contribution in [0.1, 0.15) is 0 Å². The van der Waals surface area contributed by atoms with Crippen LogP contribution in [0.3, 0.4) is 0 Å². The Labute approximate surface area is 328 Å². The minimum Gasteiger partial charge on any atom is -0.310 e. The molecule has 57 heavy (non-hydrogen) atoms. The lowest BCUT2D eigenvalue weighted by Crippen LogP contribution is -2.09. The van der Waals surface area contributed by atoms with E-state index >= 15 is 0 Å². The molecule has 0 radical (unpaired) electrons. The Morgan fingerprint density at radius 1 is 0.263 bits per heavy atom. The standard InChI is InChI=1S/C54H33N3/c1-5-15-34(16-6-1)36-25-26-48-42(29-36)43-30-37(35-17-7-2-8-18-35)31-45-51-49(57(48)53(43)45)27-28-50-52(51)46-33-40(32-44-41-23-13-14-24-47(41)56(50)54(44)46)55(38-19-9-3-10-20-38)39-21-11-4-12-22-39/h1-33H. The molecule has 9 aromatic carbocycles. The molecular formula is C54H33N3. The van der Waals surface area contributed by atoms with Crippen LogP contribution in [-0.4, -0.2) is 8.80 Å². The zero-order chi connectivity index (χ0) is 37.2. The smallest absolute Gasteiger partial charge is 0.0622 e. The van der Waals surface area contributed by atoms with Crippen LogP contribution in [-0.2, 0) is 0 Å². The van der Waals surface area contributed by atoms with Gasteiger partial charge in [-0.2, -0.15) is 0 Å². The number of fused-ring (bicyclic) bond motifs is 13. The van der Waals surface area contributed by atoms with Gasteiger partial charge in [-0.1, -0.05) is 121 Å². The molecule has 0 aliphatic heterocycles. The van der Waals surface area contributed by atoms with E-state index in [4.69, 9.17) is 0 Å². The summed E-state index contributed by atoms with van der Waals surface area (Å²) in [5, 5.41) is 10.2. The molecule has 0 N–H and O–H groups in total. The van der Waals surface area contributed by atoms with Crippen molar-refractivity contribution in [3.8, 4) is 22.3 Å². The molecule has 0 unspecified atom stereocenters. The van der Waals surface area contributed by atoms with Crippen molar-refractivity contribution in [2.75, 3.05) is 4.90 Å². The number of hydrogen-bond donors (Lipinski definition) is 0. The van der Waals surface area contributed by atoms with Gasteiger partial charge in [0, 0.05) is 60.2 Å². The summed E-state index contributed by atoms with van der Waals surface area (Å²) < 4.78 is 5.05. The normalized spacial score (nSPS) is 12.2. The molecule has 0 saturated carbocycles. The zero-order valence-electron chi connectivity index (χ0n) is 30.9. The number of rotatable bonds is 5. The lowest BCUT2D eigenvalue weighted by molar-refractivity contribution is 1.29. The highest BCUT2D eigenvalue weighted by molar-refractivity contribution is 6.36. The second-order valence-corrected chi connectivity index (χ2v) is 15.3. The van der Waals surface area contributed by atoms with Crippen LogP contribution in [0.2, 0.25) is 0 Å². The van der Waals surface area contributed by atoms with Crippen molar-refractivity contribution in [2.45, 2.75) is 0 Å². The maximum atomic E-state index is 2.53. The van der Waals surface area contributed by atoms with Crippen LogP contribution in [0.5, 0.6) is 0 Å². The third-order valence-corrected chi connectivity index (χ3v) is 12.3. The Morgan fingerprint density at radius 3 is 1.33 bits per heavy atom. The Balaban J connectivity index is 1.21. The van der Waals surface area contributed by atoms with E-state index < -0.39 is 0 Å². The molecule has 0 saturated heterocycles. The minimum atomic E-state index is 1.13. The number of benzene rings is 9. The predicted octanol–water partition coefficient (Wildman–Crippen LogP) is 14.8. The van der Waals surface area contributed by atoms with E-state index in [1.807, 2.05) is 0 Å². The van der Waals surface area contributed by atoms with Gasteiger partial charge in [-0.3, -0.25) is 0 Å². The Kier molecular flexibility index (Phi) is 6.16. The lowest BCUT2D eigenvalue weighted by Gasteiger charge is -2.25. The molecule has 264 valence electrons. The summed E-state index contributed by atoms with van der Waals surface area (Å²) in [5.74, 6) is 0. The van der Waals surface area contributed by atoms with Crippen molar-refractivity contribution in [3.05, 3.63) is 200 Å². The van der Waals surface area contributed by atoms with Gasteiger partial charge in [0.15, 0.2) is 0 Å². The fraction of sp³-hybridized carbons (Fsp3) is 0. The van der Waals surface area contributed by atoms with Crippen LogP contribution in [0, 0.1) is 0 Å².